The molecule has 7 heteroatoms. The Morgan fingerprint density at radius 1 is 1.41 bits per heavy atom. The van der Waals surface area contributed by atoms with Crippen LogP contribution in [0.3, 0.4) is 0 Å². The molecule has 0 saturated heterocycles. The largest absolute Gasteiger partial charge is 0.504 e. The second-order valence-electron chi connectivity index (χ2n) is 3.18. The third-order valence-corrected chi connectivity index (χ3v) is 2.00. The van der Waals surface area contributed by atoms with Gasteiger partial charge in [0.15, 0.2) is 11.5 Å². The molecular formula is C10H13ClF3NO2. The number of hydrogen-bond acceptors (Lipinski definition) is 3. The van der Waals surface area contributed by atoms with Crippen molar-refractivity contribution in [2.45, 2.75) is 19.1 Å². The van der Waals surface area contributed by atoms with Crippen molar-refractivity contribution in [2.75, 3.05) is 6.61 Å². The molecule has 0 amide bonds. The van der Waals surface area contributed by atoms with Gasteiger partial charge in [0.2, 0.25) is 0 Å². The first kappa shape index (κ1) is 15.9. The Morgan fingerprint density at radius 2 is 2.00 bits per heavy atom. The Morgan fingerprint density at radius 3 is 2.47 bits per heavy atom. The third kappa shape index (κ3) is 3.98. The molecule has 0 bridgehead atoms. The molecular weight excluding hydrogens is 259 g/mol. The van der Waals surface area contributed by atoms with Crippen LogP contribution < -0.4 is 10.5 Å². The maximum Gasteiger partial charge on any atom is 0.407 e. The Bertz CT molecular complexity index is 371. The smallest absolute Gasteiger partial charge is 0.407 e. The van der Waals surface area contributed by atoms with E-state index in [1.807, 2.05) is 0 Å². The molecule has 0 spiro atoms. The Labute approximate surface area is 103 Å². The maximum absolute atomic E-state index is 12.3. The van der Waals surface area contributed by atoms with Crippen LogP contribution in [0.4, 0.5) is 13.2 Å². The zero-order chi connectivity index (χ0) is 12.3. The molecule has 17 heavy (non-hydrogen) atoms. The first-order valence-corrected chi connectivity index (χ1v) is 4.64. The van der Waals surface area contributed by atoms with E-state index in [4.69, 9.17) is 10.5 Å². The fourth-order valence-electron chi connectivity index (χ4n) is 1.18. The fraction of sp³-hybridized carbons (Fsp3) is 0.400. The van der Waals surface area contributed by atoms with E-state index in [1.165, 1.54) is 0 Å². The molecule has 3 nitrogen and oxygen atoms in total. The standard InChI is InChI=1S/C10H12F3NO2.ClH/c1-2-16-8-5-6(3-4-7(8)15)9(14)10(11,12)13;/h3-5,9,15H,2,14H2,1H3;1H/t9-;/m0./s1. The van der Waals surface area contributed by atoms with Gasteiger partial charge < -0.3 is 15.6 Å². The normalized spacial score (nSPS) is 12.8. The number of phenolic OH excluding ortho intramolecular Hbond substituents is 1. The summed E-state index contributed by atoms with van der Waals surface area (Å²) in [7, 11) is 0. The molecule has 1 aromatic carbocycles. The highest BCUT2D eigenvalue weighted by Crippen LogP contribution is 2.35. The number of nitrogens with two attached hydrogens (primary N) is 1. The molecule has 0 fully saturated rings. The second-order valence-corrected chi connectivity index (χ2v) is 3.18. The summed E-state index contributed by atoms with van der Waals surface area (Å²) < 4.78 is 41.9. The van der Waals surface area contributed by atoms with E-state index < -0.39 is 12.2 Å². The third-order valence-electron chi connectivity index (χ3n) is 2.00. The zero-order valence-electron chi connectivity index (χ0n) is 8.99. The van der Waals surface area contributed by atoms with Crippen LogP contribution in [0.25, 0.3) is 0 Å². The first-order valence-electron chi connectivity index (χ1n) is 4.64. The van der Waals surface area contributed by atoms with Gasteiger partial charge in [-0.2, -0.15) is 13.2 Å². The van der Waals surface area contributed by atoms with Crippen LogP contribution in [-0.2, 0) is 0 Å². The lowest BCUT2D eigenvalue weighted by Gasteiger charge is -2.17. The number of phenols is 1. The SMILES string of the molecule is CCOc1cc([C@H](N)C(F)(F)F)ccc1O.Cl. The molecule has 0 unspecified atom stereocenters. The summed E-state index contributed by atoms with van der Waals surface area (Å²) in [5.74, 6) is -0.209. The van der Waals surface area contributed by atoms with Crippen LogP contribution in [-0.4, -0.2) is 17.9 Å². The van der Waals surface area contributed by atoms with E-state index in [0.717, 1.165) is 18.2 Å². The van der Waals surface area contributed by atoms with Crippen molar-refractivity contribution >= 4 is 12.4 Å². The van der Waals surface area contributed by atoms with Gasteiger partial charge in [-0.15, -0.1) is 12.4 Å². The van der Waals surface area contributed by atoms with Crippen molar-refractivity contribution in [3.63, 3.8) is 0 Å². The van der Waals surface area contributed by atoms with E-state index in [-0.39, 0.29) is 36.1 Å². The minimum atomic E-state index is -4.51. The quantitative estimate of drug-likeness (QED) is 0.889. The van der Waals surface area contributed by atoms with Crippen LogP contribution in [0, 0.1) is 0 Å². The minimum absolute atomic E-state index is 0. The lowest BCUT2D eigenvalue weighted by molar-refractivity contribution is -0.149. The monoisotopic (exact) mass is 271 g/mol. The topological polar surface area (TPSA) is 55.5 Å². The summed E-state index contributed by atoms with van der Waals surface area (Å²) in [6.07, 6.45) is -4.51. The predicted octanol–water partition coefficient (Wildman–Crippen LogP) is 2.77. The van der Waals surface area contributed by atoms with Gasteiger partial charge in [0.25, 0.3) is 0 Å². The van der Waals surface area contributed by atoms with Gasteiger partial charge >= 0.3 is 6.18 Å². The van der Waals surface area contributed by atoms with E-state index in [0.29, 0.717) is 0 Å². The Hall–Kier alpha value is -1.14. The molecule has 3 N–H and O–H groups in total. The van der Waals surface area contributed by atoms with Gasteiger partial charge in [0, 0.05) is 0 Å². The van der Waals surface area contributed by atoms with Crippen molar-refractivity contribution in [2.24, 2.45) is 5.73 Å². The molecule has 0 aliphatic rings. The van der Waals surface area contributed by atoms with Gasteiger partial charge in [0.05, 0.1) is 6.61 Å². The van der Waals surface area contributed by atoms with Gasteiger partial charge in [-0.1, -0.05) is 6.07 Å². The number of alkyl halides is 3. The summed E-state index contributed by atoms with van der Waals surface area (Å²) in [6.45, 7) is 1.91. The summed E-state index contributed by atoms with van der Waals surface area (Å²) in [5.41, 5.74) is 4.88. The highest BCUT2D eigenvalue weighted by Gasteiger charge is 2.38. The van der Waals surface area contributed by atoms with Gasteiger partial charge in [-0.05, 0) is 24.6 Å². The number of halogens is 4. The van der Waals surface area contributed by atoms with Gasteiger partial charge in [-0.3, -0.25) is 0 Å². The van der Waals surface area contributed by atoms with E-state index in [1.54, 1.807) is 6.92 Å². The van der Waals surface area contributed by atoms with Gasteiger partial charge in [0.1, 0.15) is 6.04 Å². The molecule has 0 saturated carbocycles. The molecule has 0 aliphatic carbocycles. The van der Waals surface area contributed by atoms with E-state index in [9.17, 15) is 18.3 Å². The molecule has 1 aromatic rings. The van der Waals surface area contributed by atoms with Crippen LogP contribution in [0.1, 0.15) is 18.5 Å². The number of benzene rings is 1. The van der Waals surface area contributed by atoms with Crippen LogP contribution >= 0.6 is 12.4 Å². The van der Waals surface area contributed by atoms with Crippen LogP contribution in [0.5, 0.6) is 11.5 Å². The van der Waals surface area contributed by atoms with Crippen molar-refractivity contribution in [3.8, 4) is 11.5 Å². The average molecular weight is 272 g/mol. The Kier molecular flexibility index (Phi) is 5.57. The average Bonchev–Trinajstić information content (AvgIpc) is 2.19. The molecule has 0 aromatic heterocycles. The molecule has 0 heterocycles. The highest BCUT2D eigenvalue weighted by molar-refractivity contribution is 5.85. The second kappa shape index (κ2) is 5.97. The van der Waals surface area contributed by atoms with Crippen molar-refractivity contribution < 1.29 is 23.0 Å². The predicted molar refractivity (Wildman–Crippen MR) is 59.5 cm³/mol. The minimum Gasteiger partial charge on any atom is -0.504 e. The van der Waals surface area contributed by atoms with Crippen LogP contribution in [0.2, 0.25) is 0 Å². The fourth-order valence-corrected chi connectivity index (χ4v) is 1.18. The molecule has 1 atom stereocenters. The summed E-state index contributed by atoms with van der Waals surface area (Å²) in [4.78, 5) is 0. The lowest BCUT2D eigenvalue weighted by atomic mass is 10.1. The molecule has 0 aliphatic heterocycles. The first-order chi connectivity index (χ1) is 7.36. The maximum atomic E-state index is 12.3. The highest BCUT2D eigenvalue weighted by atomic mass is 35.5. The summed E-state index contributed by atoms with van der Waals surface area (Å²) in [6, 6.07) is 1.27. The van der Waals surface area contributed by atoms with E-state index in [2.05, 4.69) is 0 Å². The zero-order valence-corrected chi connectivity index (χ0v) is 9.81. The summed E-state index contributed by atoms with van der Waals surface area (Å²) >= 11 is 0. The van der Waals surface area contributed by atoms with Crippen molar-refractivity contribution in [1.82, 2.24) is 0 Å². The van der Waals surface area contributed by atoms with Crippen molar-refractivity contribution in [1.29, 1.82) is 0 Å². The molecule has 1 rings (SSSR count). The van der Waals surface area contributed by atoms with Gasteiger partial charge in [-0.25, -0.2) is 0 Å². The number of hydrogen-bond donors (Lipinski definition) is 2. The Balaban J connectivity index is 0.00000256. The summed E-state index contributed by atoms with van der Waals surface area (Å²) in [5, 5.41) is 9.30. The lowest BCUT2D eigenvalue weighted by Crippen LogP contribution is -2.28. The number of aromatic hydroxyl groups is 1. The van der Waals surface area contributed by atoms with E-state index >= 15 is 0 Å². The van der Waals surface area contributed by atoms with Crippen LogP contribution in [0.15, 0.2) is 18.2 Å². The number of rotatable bonds is 3. The molecule has 98 valence electrons. The number of ether oxygens (including phenoxy) is 1. The molecule has 0 radical (unpaired) electrons. The van der Waals surface area contributed by atoms with Crippen molar-refractivity contribution in [3.05, 3.63) is 23.8 Å².